The molecule has 1 fully saturated rings. The standard InChI is InChI=1S/C12H15BFN3O2/c1-2-10(18)7-19-16-9-5-17(6-9)12-11(14)3-8(13)4-15-12/h3-4,10,18H,2,5-7H2,1H3/t10-/m1/s1. The van der Waals surface area contributed by atoms with Gasteiger partial charge in [-0.15, -0.1) is 0 Å². The van der Waals surface area contributed by atoms with Crippen molar-refractivity contribution in [3.05, 3.63) is 18.1 Å². The van der Waals surface area contributed by atoms with Gasteiger partial charge in [0.25, 0.3) is 0 Å². The molecule has 2 rings (SSSR count). The minimum Gasteiger partial charge on any atom is -0.393 e. The number of halogens is 1. The zero-order valence-electron chi connectivity index (χ0n) is 10.7. The van der Waals surface area contributed by atoms with Crippen molar-refractivity contribution in [2.75, 3.05) is 24.6 Å². The Morgan fingerprint density at radius 1 is 1.63 bits per heavy atom. The molecular weight excluding hydrogens is 248 g/mol. The van der Waals surface area contributed by atoms with Gasteiger partial charge in [-0.2, -0.15) is 0 Å². The molecule has 2 heterocycles. The molecule has 0 aromatic carbocycles. The molecule has 0 unspecified atom stereocenters. The van der Waals surface area contributed by atoms with Gasteiger partial charge in [-0.25, -0.2) is 9.37 Å². The van der Waals surface area contributed by atoms with E-state index in [2.05, 4.69) is 10.1 Å². The smallest absolute Gasteiger partial charge is 0.165 e. The van der Waals surface area contributed by atoms with Crippen LogP contribution in [0.15, 0.2) is 17.4 Å². The number of rotatable bonds is 5. The van der Waals surface area contributed by atoms with Gasteiger partial charge in [0.2, 0.25) is 0 Å². The molecule has 0 saturated carbocycles. The summed E-state index contributed by atoms with van der Waals surface area (Å²) in [5.41, 5.74) is 1.09. The lowest BCUT2D eigenvalue weighted by Crippen LogP contribution is -2.48. The number of aliphatic hydroxyl groups excluding tert-OH is 1. The van der Waals surface area contributed by atoms with Crippen molar-refractivity contribution in [2.24, 2.45) is 5.16 Å². The zero-order chi connectivity index (χ0) is 13.8. The molecule has 0 bridgehead atoms. The first kappa shape index (κ1) is 13.8. The van der Waals surface area contributed by atoms with Gasteiger partial charge in [0.05, 0.1) is 24.9 Å². The highest BCUT2D eigenvalue weighted by Gasteiger charge is 2.26. The average molecular weight is 263 g/mol. The van der Waals surface area contributed by atoms with Gasteiger partial charge in [0.1, 0.15) is 14.5 Å². The molecule has 1 aromatic heterocycles. The van der Waals surface area contributed by atoms with Gasteiger partial charge < -0.3 is 14.8 Å². The number of anilines is 1. The summed E-state index contributed by atoms with van der Waals surface area (Å²) in [7, 11) is 5.43. The summed E-state index contributed by atoms with van der Waals surface area (Å²) in [6.45, 7) is 2.97. The lowest BCUT2D eigenvalue weighted by Gasteiger charge is -2.33. The summed E-state index contributed by atoms with van der Waals surface area (Å²) in [5, 5.41) is 13.2. The fourth-order valence-corrected chi connectivity index (χ4v) is 1.61. The van der Waals surface area contributed by atoms with Gasteiger partial charge in [-0.1, -0.05) is 17.5 Å². The molecule has 5 nitrogen and oxygen atoms in total. The predicted octanol–water partition coefficient (Wildman–Crippen LogP) is -0.0220. The van der Waals surface area contributed by atoms with Crippen molar-refractivity contribution in [2.45, 2.75) is 19.4 Å². The molecule has 19 heavy (non-hydrogen) atoms. The fourth-order valence-electron chi connectivity index (χ4n) is 1.61. The van der Waals surface area contributed by atoms with Crippen LogP contribution in [-0.4, -0.2) is 49.4 Å². The second-order valence-corrected chi connectivity index (χ2v) is 4.45. The van der Waals surface area contributed by atoms with Gasteiger partial charge in [0, 0.05) is 6.20 Å². The highest BCUT2D eigenvalue weighted by Crippen LogP contribution is 2.19. The molecule has 1 aliphatic rings. The van der Waals surface area contributed by atoms with Gasteiger partial charge >= 0.3 is 0 Å². The van der Waals surface area contributed by atoms with Crippen LogP contribution in [0.1, 0.15) is 13.3 Å². The quantitative estimate of drug-likeness (QED) is 0.599. The Bertz CT molecular complexity index is 476. The average Bonchev–Trinajstić information content (AvgIpc) is 2.33. The molecule has 1 aliphatic heterocycles. The molecule has 0 aliphatic carbocycles. The van der Waals surface area contributed by atoms with Crippen molar-refractivity contribution in [3.8, 4) is 0 Å². The molecule has 100 valence electrons. The Morgan fingerprint density at radius 2 is 2.37 bits per heavy atom. The van der Waals surface area contributed by atoms with Crippen LogP contribution >= 0.6 is 0 Å². The first-order valence-electron chi connectivity index (χ1n) is 6.12. The highest BCUT2D eigenvalue weighted by atomic mass is 19.1. The minimum absolute atomic E-state index is 0.175. The van der Waals surface area contributed by atoms with Crippen LogP contribution in [0, 0.1) is 5.82 Å². The third kappa shape index (κ3) is 3.44. The van der Waals surface area contributed by atoms with E-state index in [1.807, 2.05) is 6.92 Å². The van der Waals surface area contributed by atoms with Gasteiger partial charge in [-0.05, 0) is 12.5 Å². The maximum Gasteiger partial charge on any atom is 0.165 e. The molecule has 1 saturated heterocycles. The largest absolute Gasteiger partial charge is 0.393 e. The number of aliphatic hydroxyl groups is 1. The molecule has 1 atom stereocenters. The summed E-state index contributed by atoms with van der Waals surface area (Å²) >= 11 is 0. The van der Waals surface area contributed by atoms with E-state index in [1.54, 1.807) is 4.90 Å². The summed E-state index contributed by atoms with van der Waals surface area (Å²) < 4.78 is 13.6. The number of nitrogens with zero attached hydrogens (tertiary/aromatic N) is 3. The van der Waals surface area contributed by atoms with E-state index >= 15 is 0 Å². The van der Waals surface area contributed by atoms with E-state index < -0.39 is 11.9 Å². The van der Waals surface area contributed by atoms with Crippen LogP contribution < -0.4 is 10.4 Å². The van der Waals surface area contributed by atoms with E-state index in [4.69, 9.17) is 12.7 Å². The number of hydrogen-bond donors (Lipinski definition) is 1. The molecule has 7 heteroatoms. The Labute approximate surface area is 112 Å². The molecular formula is C12H15BFN3O2. The summed E-state index contributed by atoms with van der Waals surface area (Å²) in [5.74, 6) is -0.178. The van der Waals surface area contributed by atoms with E-state index in [0.29, 0.717) is 25.0 Å². The lowest BCUT2D eigenvalue weighted by atomic mass is 9.99. The predicted molar refractivity (Wildman–Crippen MR) is 71.5 cm³/mol. The third-order valence-electron chi connectivity index (χ3n) is 2.82. The van der Waals surface area contributed by atoms with Crippen LogP contribution in [0.4, 0.5) is 10.2 Å². The summed E-state index contributed by atoms with van der Waals surface area (Å²) in [4.78, 5) is 10.7. The Kier molecular flexibility index (Phi) is 4.37. The van der Waals surface area contributed by atoms with Crippen molar-refractivity contribution in [1.82, 2.24) is 4.98 Å². The second-order valence-electron chi connectivity index (χ2n) is 4.45. The number of oxime groups is 1. The van der Waals surface area contributed by atoms with E-state index in [-0.39, 0.29) is 12.4 Å². The highest BCUT2D eigenvalue weighted by molar-refractivity contribution is 6.32. The number of aromatic nitrogens is 1. The normalized spacial score (nSPS) is 15.9. The molecule has 1 N–H and O–H groups in total. The van der Waals surface area contributed by atoms with Crippen LogP contribution in [-0.2, 0) is 4.84 Å². The third-order valence-corrected chi connectivity index (χ3v) is 2.82. The van der Waals surface area contributed by atoms with E-state index in [1.165, 1.54) is 12.3 Å². The topological polar surface area (TPSA) is 58.0 Å². The fraction of sp³-hybridized carbons (Fsp3) is 0.500. The van der Waals surface area contributed by atoms with Crippen LogP contribution in [0.2, 0.25) is 0 Å². The summed E-state index contributed by atoms with van der Waals surface area (Å²) in [6.07, 6.45) is 1.54. The Balaban J connectivity index is 1.84. The monoisotopic (exact) mass is 263 g/mol. The lowest BCUT2D eigenvalue weighted by molar-refractivity contribution is 0.0377. The van der Waals surface area contributed by atoms with Crippen LogP contribution in [0.3, 0.4) is 0 Å². The van der Waals surface area contributed by atoms with Crippen molar-refractivity contribution in [1.29, 1.82) is 0 Å². The minimum atomic E-state index is -0.503. The summed E-state index contributed by atoms with van der Waals surface area (Å²) in [6, 6.07) is 1.24. The zero-order valence-corrected chi connectivity index (χ0v) is 10.7. The number of pyridine rings is 1. The SMILES string of the molecule is [B]c1cnc(N2CC(=NOC[C@H](O)CC)C2)c(F)c1. The van der Waals surface area contributed by atoms with E-state index in [0.717, 1.165) is 5.71 Å². The molecule has 1 aromatic rings. The van der Waals surface area contributed by atoms with Gasteiger partial charge in [-0.3, -0.25) is 0 Å². The molecule has 2 radical (unpaired) electrons. The maximum absolute atomic E-state index is 13.6. The Hall–Kier alpha value is -1.63. The van der Waals surface area contributed by atoms with Crippen molar-refractivity contribution in [3.63, 3.8) is 0 Å². The second kappa shape index (κ2) is 6.01. The molecule has 0 amide bonds. The molecule has 0 spiro atoms. The number of hydrogen-bond acceptors (Lipinski definition) is 5. The van der Waals surface area contributed by atoms with E-state index in [9.17, 15) is 9.50 Å². The first-order chi connectivity index (χ1) is 9.10. The van der Waals surface area contributed by atoms with Crippen LogP contribution in [0.5, 0.6) is 0 Å². The maximum atomic E-state index is 13.6. The first-order valence-corrected chi connectivity index (χ1v) is 6.12. The van der Waals surface area contributed by atoms with Crippen molar-refractivity contribution < 1.29 is 14.3 Å². The van der Waals surface area contributed by atoms with Crippen LogP contribution in [0.25, 0.3) is 0 Å². The Morgan fingerprint density at radius 3 is 3.00 bits per heavy atom. The van der Waals surface area contributed by atoms with Crippen molar-refractivity contribution >= 4 is 24.8 Å². The van der Waals surface area contributed by atoms with Gasteiger partial charge in [0.15, 0.2) is 11.6 Å².